The highest BCUT2D eigenvalue weighted by Gasteiger charge is 2.23. The molecule has 1 aliphatic heterocycles. The van der Waals surface area contributed by atoms with E-state index in [2.05, 4.69) is 31.0 Å². The van der Waals surface area contributed by atoms with E-state index in [1.807, 2.05) is 0 Å². The number of rotatable bonds is 4. The van der Waals surface area contributed by atoms with E-state index in [4.69, 9.17) is 5.11 Å². The smallest absolute Gasteiger partial charge is 0.304 e. The molecule has 0 radical (unpaired) electrons. The van der Waals surface area contributed by atoms with Gasteiger partial charge < -0.3 is 15.3 Å². The van der Waals surface area contributed by atoms with Crippen molar-refractivity contribution >= 4 is 5.97 Å². The number of nitrogens with zero attached hydrogens (tertiary/aromatic N) is 1. The lowest BCUT2D eigenvalue weighted by molar-refractivity contribution is -0.137. The molecule has 1 heterocycles. The molecule has 1 aliphatic rings. The van der Waals surface area contributed by atoms with E-state index < -0.39 is 5.97 Å². The van der Waals surface area contributed by atoms with Gasteiger partial charge in [0.2, 0.25) is 0 Å². The Morgan fingerprint density at radius 1 is 1.56 bits per heavy atom. The average Bonchev–Trinajstić information content (AvgIpc) is 2.26. The summed E-state index contributed by atoms with van der Waals surface area (Å²) in [6.07, 6.45) is 1.32. The summed E-state index contributed by atoms with van der Waals surface area (Å²) < 4.78 is 0. The molecule has 1 fully saturated rings. The fraction of sp³-hybridized carbons (Fsp3) is 0.917. The molecule has 0 aromatic rings. The third-order valence-electron chi connectivity index (χ3n) is 2.92. The van der Waals surface area contributed by atoms with Crippen molar-refractivity contribution < 1.29 is 9.90 Å². The first-order chi connectivity index (χ1) is 7.47. The van der Waals surface area contributed by atoms with Gasteiger partial charge >= 0.3 is 5.97 Å². The molecule has 4 heteroatoms. The van der Waals surface area contributed by atoms with Gasteiger partial charge in [-0.1, -0.05) is 13.8 Å². The Labute approximate surface area is 98.0 Å². The Bertz CT molecular complexity index is 231. The van der Waals surface area contributed by atoms with Crippen LogP contribution in [0.15, 0.2) is 0 Å². The third-order valence-corrected chi connectivity index (χ3v) is 2.92. The highest BCUT2D eigenvalue weighted by Crippen LogP contribution is 2.10. The molecule has 1 saturated heterocycles. The second kappa shape index (κ2) is 6.21. The summed E-state index contributed by atoms with van der Waals surface area (Å²) in [6.45, 7) is 9.53. The zero-order chi connectivity index (χ0) is 12.1. The summed E-state index contributed by atoms with van der Waals surface area (Å²) in [7, 11) is 0. The summed E-state index contributed by atoms with van der Waals surface area (Å²) >= 11 is 0. The van der Waals surface area contributed by atoms with Gasteiger partial charge in [-0.05, 0) is 25.8 Å². The van der Waals surface area contributed by atoms with Gasteiger partial charge in [-0.15, -0.1) is 0 Å². The SMILES string of the molecule is CC(C)CN1CCC(C)NC(CC(=O)O)C1. The lowest BCUT2D eigenvalue weighted by Crippen LogP contribution is -2.42. The van der Waals surface area contributed by atoms with Crippen molar-refractivity contribution in [3.63, 3.8) is 0 Å². The second-order valence-corrected chi connectivity index (χ2v) is 5.30. The van der Waals surface area contributed by atoms with Crippen molar-refractivity contribution in [2.75, 3.05) is 19.6 Å². The van der Waals surface area contributed by atoms with E-state index >= 15 is 0 Å². The number of nitrogens with one attached hydrogen (secondary N) is 1. The van der Waals surface area contributed by atoms with Gasteiger partial charge in [-0.3, -0.25) is 4.79 Å². The average molecular weight is 228 g/mol. The molecule has 0 aromatic carbocycles. The molecule has 0 bridgehead atoms. The van der Waals surface area contributed by atoms with Crippen LogP contribution in [0.4, 0.5) is 0 Å². The van der Waals surface area contributed by atoms with Gasteiger partial charge in [0, 0.05) is 25.2 Å². The first kappa shape index (κ1) is 13.5. The van der Waals surface area contributed by atoms with Crippen LogP contribution < -0.4 is 5.32 Å². The lowest BCUT2D eigenvalue weighted by atomic mass is 10.1. The van der Waals surface area contributed by atoms with E-state index in [9.17, 15) is 4.79 Å². The third kappa shape index (κ3) is 4.94. The number of carbonyl (C=O) groups is 1. The number of hydrogen-bond acceptors (Lipinski definition) is 3. The Morgan fingerprint density at radius 3 is 2.81 bits per heavy atom. The molecule has 0 spiro atoms. The van der Waals surface area contributed by atoms with E-state index in [0.29, 0.717) is 12.0 Å². The number of carboxylic acids is 1. The number of carboxylic acid groups (broad SMARTS) is 1. The standard InChI is InChI=1S/C12H24N2O2/c1-9(2)7-14-5-4-10(3)13-11(8-14)6-12(15)16/h9-11,13H,4-8H2,1-3H3,(H,15,16). The van der Waals surface area contributed by atoms with E-state index in [1.54, 1.807) is 0 Å². The summed E-state index contributed by atoms with van der Waals surface area (Å²) in [6, 6.07) is 0.510. The van der Waals surface area contributed by atoms with E-state index in [1.165, 1.54) is 0 Å². The first-order valence-corrected chi connectivity index (χ1v) is 6.17. The Hall–Kier alpha value is -0.610. The Kier molecular flexibility index (Phi) is 5.22. The topological polar surface area (TPSA) is 52.6 Å². The zero-order valence-electron chi connectivity index (χ0n) is 10.6. The first-order valence-electron chi connectivity index (χ1n) is 6.17. The Balaban J connectivity index is 2.52. The Morgan fingerprint density at radius 2 is 2.25 bits per heavy atom. The molecule has 94 valence electrons. The summed E-state index contributed by atoms with van der Waals surface area (Å²) in [5.41, 5.74) is 0. The highest BCUT2D eigenvalue weighted by molar-refractivity contribution is 5.67. The number of aliphatic carboxylic acids is 1. The van der Waals surface area contributed by atoms with Crippen molar-refractivity contribution in [2.45, 2.75) is 45.7 Å². The fourth-order valence-corrected chi connectivity index (χ4v) is 2.33. The minimum atomic E-state index is -0.712. The molecule has 2 atom stereocenters. The molecule has 0 saturated carbocycles. The normalized spacial score (nSPS) is 28.0. The van der Waals surface area contributed by atoms with Gasteiger partial charge in [0.1, 0.15) is 0 Å². The summed E-state index contributed by atoms with van der Waals surface area (Å²) in [5, 5.41) is 12.2. The molecule has 1 rings (SSSR count). The van der Waals surface area contributed by atoms with Crippen molar-refractivity contribution in [1.29, 1.82) is 0 Å². The van der Waals surface area contributed by atoms with E-state index in [0.717, 1.165) is 26.1 Å². The largest absolute Gasteiger partial charge is 0.481 e. The lowest BCUT2D eigenvalue weighted by Gasteiger charge is -2.25. The minimum Gasteiger partial charge on any atom is -0.481 e. The van der Waals surface area contributed by atoms with Crippen LogP contribution in [-0.4, -0.2) is 47.7 Å². The van der Waals surface area contributed by atoms with Crippen LogP contribution in [0.25, 0.3) is 0 Å². The fourth-order valence-electron chi connectivity index (χ4n) is 2.33. The van der Waals surface area contributed by atoms with Gasteiger partial charge in [-0.2, -0.15) is 0 Å². The van der Waals surface area contributed by atoms with Crippen LogP contribution in [0.2, 0.25) is 0 Å². The molecule has 0 aliphatic carbocycles. The summed E-state index contributed by atoms with van der Waals surface area (Å²) in [4.78, 5) is 13.1. The molecule has 0 amide bonds. The van der Waals surface area contributed by atoms with Crippen LogP contribution in [0.3, 0.4) is 0 Å². The molecule has 4 nitrogen and oxygen atoms in total. The van der Waals surface area contributed by atoms with Crippen molar-refractivity contribution in [3.8, 4) is 0 Å². The van der Waals surface area contributed by atoms with Crippen molar-refractivity contribution in [2.24, 2.45) is 5.92 Å². The molecule has 0 aromatic heterocycles. The molecular weight excluding hydrogens is 204 g/mol. The van der Waals surface area contributed by atoms with Gasteiger partial charge in [0.15, 0.2) is 0 Å². The maximum atomic E-state index is 10.8. The van der Waals surface area contributed by atoms with Crippen LogP contribution in [0, 0.1) is 5.92 Å². The molecule has 2 unspecified atom stereocenters. The predicted octanol–water partition coefficient (Wildman–Crippen LogP) is 1.17. The van der Waals surface area contributed by atoms with Crippen molar-refractivity contribution in [1.82, 2.24) is 10.2 Å². The zero-order valence-corrected chi connectivity index (χ0v) is 10.6. The van der Waals surface area contributed by atoms with E-state index in [-0.39, 0.29) is 12.5 Å². The maximum Gasteiger partial charge on any atom is 0.304 e. The predicted molar refractivity (Wildman–Crippen MR) is 64.5 cm³/mol. The van der Waals surface area contributed by atoms with Crippen LogP contribution in [0.1, 0.15) is 33.6 Å². The molecule has 16 heavy (non-hydrogen) atoms. The van der Waals surface area contributed by atoms with Crippen LogP contribution >= 0.6 is 0 Å². The molecular formula is C12H24N2O2. The second-order valence-electron chi connectivity index (χ2n) is 5.30. The van der Waals surface area contributed by atoms with Crippen LogP contribution in [-0.2, 0) is 4.79 Å². The minimum absolute atomic E-state index is 0.0914. The van der Waals surface area contributed by atoms with Gasteiger partial charge in [0.05, 0.1) is 6.42 Å². The van der Waals surface area contributed by atoms with Crippen molar-refractivity contribution in [3.05, 3.63) is 0 Å². The maximum absolute atomic E-state index is 10.8. The monoisotopic (exact) mass is 228 g/mol. The highest BCUT2D eigenvalue weighted by atomic mass is 16.4. The summed E-state index contributed by atoms with van der Waals surface area (Å²) in [5.74, 6) is -0.0741. The number of hydrogen-bond donors (Lipinski definition) is 2. The molecule has 2 N–H and O–H groups in total. The van der Waals surface area contributed by atoms with Gasteiger partial charge in [0.25, 0.3) is 0 Å². The van der Waals surface area contributed by atoms with Crippen LogP contribution in [0.5, 0.6) is 0 Å². The van der Waals surface area contributed by atoms with Gasteiger partial charge in [-0.25, -0.2) is 0 Å². The quantitative estimate of drug-likeness (QED) is 0.758.